The van der Waals surface area contributed by atoms with Crippen molar-refractivity contribution in [3.8, 4) is 0 Å². The highest BCUT2D eigenvalue weighted by Crippen LogP contribution is 2.65. The first-order chi connectivity index (χ1) is 10.9. The van der Waals surface area contributed by atoms with Gasteiger partial charge in [-0.15, -0.1) is 0 Å². The molecule has 1 aromatic rings. The lowest BCUT2D eigenvalue weighted by Crippen LogP contribution is -2.54. The van der Waals surface area contributed by atoms with Crippen LogP contribution >= 0.6 is 15.9 Å². The third kappa shape index (κ3) is 2.77. The molecular formula is C19H26BrNO2. The molecule has 4 aliphatic carbocycles. The Bertz CT molecular complexity index is 583. The summed E-state index contributed by atoms with van der Waals surface area (Å²) in [7, 11) is 1.92. The third-order valence-electron chi connectivity index (χ3n) is 6.57. The topological polar surface area (TPSA) is 33.5 Å². The number of carbonyl (C=O) groups excluding carboxylic acids is 1. The zero-order chi connectivity index (χ0) is 16.2. The second-order valence-electron chi connectivity index (χ2n) is 8.48. The normalized spacial score (nSPS) is 39.4. The number of hydrogen-bond acceptors (Lipinski definition) is 2. The first-order valence-electron chi connectivity index (χ1n) is 8.86. The molecule has 4 saturated carbocycles. The van der Waals surface area contributed by atoms with Crippen molar-refractivity contribution in [3.05, 3.63) is 24.2 Å². The predicted octanol–water partition coefficient (Wildman–Crippen LogP) is 4.92. The maximum Gasteiger partial charge on any atom is 0.223 e. The van der Waals surface area contributed by atoms with Crippen molar-refractivity contribution in [2.24, 2.45) is 17.3 Å². The lowest BCUT2D eigenvalue weighted by molar-refractivity contribution is -0.139. The van der Waals surface area contributed by atoms with Gasteiger partial charge in [0.2, 0.25) is 5.91 Å². The minimum absolute atomic E-state index is 0.00402. The smallest absolute Gasteiger partial charge is 0.223 e. The summed E-state index contributed by atoms with van der Waals surface area (Å²) < 4.78 is 5.80. The summed E-state index contributed by atoms with van der Waals surface area (Å²) in [5, 5.41) is 0. The van der Waals surface area contributed by atoms with Crippen molar-refractivity contribution in [2.75, 3.05) is 7.05 Å². The molecule has 4 bridgehead atoms. The minimum atomic E-state index is 0.00402. The summed E-state index contributed by atoms with van der Waals surface area (Å²) in [6.07, 6.45) is 10.1. The summed E-state index contributed by atoms with van der Waals surface area (Å²) in [6, 6.07) is 3.84. The first kappa shape index (κ1) is 15.7. The van der Waals surface area contributed by atoms with Crippen molar-refractivity contribution >= 4 is 21.8 Å². The average Bonchev–Trinajstić information content (AvgIpc) is 2.96. The van der Waals surface area contributed by atoms with Crippen molar-refractivity contribution in [1.29, 1.82) is 0 Å². The van der Waals surface area contributed by atoms with Gasteiger partial charge in [0.1, 0.15) is 5.76 Å². The molecule has 1 heterocycles. The van der Waals surface area contributed by atoms with Crippen LogP contribution in [0.25, 0.3) is 0 Å². The highest BCUT2D eigenvalue weighted by molar-refractivity contribution is 9.10. The Morgan fingerprint density at radius 1 is 1.39 bits per heavy atom. The number of rotatable bonds is 4. The van der Waals surface area contributed by atoms with Crippen LogP contribution in [0.5, 0.6) is 0 Å². The Balaban J connectivity index is 1.48. The van der Waals surface area contributed by atoms with E-state index < -0.39 is 0 Å². The summed E-state index contributed by atoms with van der Waals surface area (Å²) in [4.78, 5) is 14.8. The summed E-state index contributed by atoms with van der Waals surface area (Å²) in [5.41, 5.74) is 0.238. The van der Waals surface area contributed by atoms with Crippen LogP contribution in [0.2, 0.25) is 0 Å². The van der Waals surface area contributed by atoms with Crippen molar-refractivity contribution < 1.29 is 9.21 Å². The molecule has 4 heteroatoms. The predicted molar refractivity (Wildman–Crippen MR) is 93.3 cm³/mol. The fraction of sp³-hybridized carbons (Fsp3) is 0.737. The van der Waals surface area contributed by atoms with Gasteiger partial charge in [-0.05, 0) is 74.8 Å². The van der Waals surface area contributed by atoms with E-state index in [0.717, 1.165) is 17.6 Å². The molecule has 0 spiro atoms. The molecule has 5 rings (SSSR count). The Morgan fingerprint density at radius 2 is 2.09 bits per heavy atom. The zero-order valence-electron chi connectivity index (χ0n) is 14.1. The molecule has 3 unspecified atom stereocenters. The molecule has 0 radical (unpaired) electrons. The highest BCUT2D eigenvalue weighted by atomic mass is 79.9. The number of halogens is 1. The van der Waals surface area contributed by atoms with Gasteiger partial charge in [0, 0.05) is 17.8 Å². The van der Waals surface area contributed by atoms with Crippen LogP contribution in [0.15, 0.2) is 22.8 Å². The van der Waals surface area contributed by atoms with Crippen LogP contribution in [-0.4, -0.2) is 22.2 Å². The van der Waals surface area contributed by atoms with Gasteiger partial charge in [-0.25, -0.2) is 0 Å². The standard InChI is InChI=1S/C19H26BrNO2/c1-13(16-4-3-5-23-16)21(2)17(22)11-18-7-14-6-15(8-18)10-19(20,9-14)12-18/h3-5,13-15H,6-12H2,1-2H3. The van der Waals surface area contributed by atoms with Gasteiger partial charge in [-0.2, -0.15) is 0 Å². The number of nitrogens with zero attached hydrogens (tertiary/aromatic N) is 1. The van der Waals surface area contributed by atoms with Crippen LogP contribution in [-0.2, 0) is 4.79 Å². The monoisotopic (exact) mass is 379 g/mol. The molecule has 4 aliphatic rings. The Morgan fingerprint density at radius 3 is 2.65 bits per heavy atom. The number of carbonyl (C=O) groups is 1. The lowest BCUT2D eigenvalue weighted by atomic mass is 9.48. The highest BCUT2D eigenvalue weighted by Gasteiger charge is 2.57. The van der Waals surface area contributed by atoms with E-state index in [2.05, 4.69) is 15.9 Å². The van der Waals surface area contributed by atoms with Gasteiger partial charge in [-0.1, -0.05) is 15.9 Å². The van der Waals surface area contributed by atoms with Crippen LogP contribution in [0.1, 0.15) is 63.7 Å². The van der Waals surface area contributed by atoms with Crippen molar-refractivity contribution in [3.63, 3.8) is 0 Å². The molecule has 0 N–H and O–H groups in total. The minimum Gasteiger partial charge on any atom is -0.467 e. The van der Waals surface area contributed by atoms with Gasteiger partial charge >= 0.3 is 0 Å². The third-order valence-corrected chi connectivity index (χ3v) is 7.49. The molecular weight excluding hydrogens is 354 g/mol. The van der Waals surface area contributed by atoms with E-state index in [0.29, 0.717) is 10.7 Å². The fourth-order valence-electron chi connectivity index (χ4n) is 5.92. The van der Waals surface area contributed by atoms with Crippen LogP contribution in [0, 0.1) is 17.3 Å². The van der Waals surface area contributed by atoms with Crippen LogP contribution in [0.4, 0.5) is 0 Å². The quantitative estimate of drug-likeness (QED) is 0.695. The first-order valence-corrected chi connectivity index (χ1v) is 9.65. The lowest BCUT2D eigenvalue weighted by Gasteiger charge is -2.60. The number of alkyl halides is 1. The van der Waals surface area contributed by atoms with E-state index in [1.807, 2.05) is 31.0 Å². The zero-order valence-corrected chi connectivity index (χ0v) is 15.6. The SMILES string of the molecule is CC(c1ccco1)N(C)C(=O)CC12CC3CC(CC(Br)(C3)C1)C2. The Hall–Kier alpha value is -0.770. The van der Waals surface area contributed by atoms with E-state index in [1.165, 1.54) is 38.5 Å². The van der Waals surface area contributed by atoms with Gasteiger partial charge in [0.25, 0.3) is 0 Å². The van der Waals surface area contributed by atoms with Crippen molar-refractivity contribution in [2.45, 2.75) is 62.2 Å². The molecule has 1 amide bonds. The number of furan rings is 1. The van der Waals surface area contributed by atoms with E-state index in [9.17, 15) is 4.79 Å². The molecule has 3 atom stereocenters. The molecule has 126 valence electrons. The van der Waals surface area contributed by atoms with Gasteiger partial charge < -0.3 is 9.32 Å². The van der Waals surface area contributed by atoms with E-state index in [1.54, 1.807) is 6.26 Å². The summed E-state index contributed by atoms with van der Waals surface area (Å²) in [5.74, 6) is 2.79. The Kier molecular flexibility index (Phi) is 3.67. The molecule has 0 aliphatic heterocycles. The van der Waals surface area contributed by atoms with Crippen LogP contribution in [0.3, 0.4) is 0 Å². The Labute approximate surface area is 146 Å². The molecule has 23 heavy (non-hydrogen) atoms. The van der Waals surface area contributed by atoms with Crippen molar-refractivity contribution in [1.82, 2.24) is 4.90 Å². The maximum atomic E-state index is 12.9. The second kappa shape index (κ2) is 5.37. The molecule has 1 aromatic heterocycles. The molecule has 4 fully saturated rings. The maximum absolute atomic E-state index is 12.9. The second-order valence-corrected chi connectivity index (χ2v) is 10.2. The largest absolute Gasteiger partial charge is 0.467 e. The van der Waals surface area contributed by atoms with Gasteiger partial charge in [0.05, 0.1) is 12.3 Å². The molecule has 0 aromatic carbocycles. The van der Waals surface area contributed by atoms with Gasteiger partial charge in [0.15, 0.2) is 0 Å². The average molecular weight is 380 g/mol. The molecule has 3 nitrogen and oxygen atoms in total. The molecule has 0 saturated heterocycles. The van der Waals surface area contributed by atoms with Crippen LogP contribution < -0.4 is 0 Å². The van der Waals surface area contributed by atoms with E-state index in [4.69, 9.17) is 4.42 Å². The number of hydrogen-bond donors (Lipinski definition) is 0. The number of amides is 1. The summed E-state index contributed by atoms with van der Waals surface area (Å²) >= 11 is 4.04. The van der Waals surface area contributed by atoms with E-state index in [-0.39, 0.29) is 17.4 Å². The fourth-order valence-corrected chi connectivity index (χ4v) is 7.43. The van der Waals surface area contributed by atoms with E-state index >= 15 is 0 Å². The summed E-state index contributed by atoms with van der Waals surface area (Å²) in [6.45, 7) is 2.04. The van der Waals surface area contributed by atoms with Gasteiger partial charge in [-0.3, -0.25) is 4.79 Å².